The Labute approximate surface area is 129 Å². The van der Waals surface area contributed by atoms with Gasteiger partial charge in [-0.25, -0.2) is 0 Å². The highest BCUT2D eigenvalue weighted by Crippen LogP contribution is 2.08. The summed E-state index contributed by atoms with van der Waals surface area (Å²) < 4.78 is 5.58. The van der Waals surface area contributed by atoms with E-state index in [0.29, 0.717) is 19.1 Å². The van der Waals surface area contributed by atoms with Crippen LogP contribution in [-0.2, 0) is 0 Å². The number of anilines is 1. The summed E-state index contributed by atoms with van der Waals surface area (Å²) in [5.41, 5.74) is 0.817. The third-order valence-corrected chi connectivity index (χ3v) is 2.70. The highest BCUT2D eigenvalue weighted by molar-refractivity contribution is 5.94. The van der Waals surface area contributed by atoms with Crippen molar-refractivity contribution < 1.29 is 4.74 Å². The van der Waals surface area contributed by atoms with E-state index in [2.05, 4.69) is 20.6 Å². The van der Waals surface area contributed by atoms with Crippen LogP contribution in [0.2, 0.25) is 0 Å². The Morgan fingerprint density at radius 1 is 1.18 bits per heavy atom. The van der Waals surface area contributed by atoms with Gasteiger partial charge in [-0.1, -0.05) is 18.2 Å². The summed E-state index contributed by atoms with van der Waals surface area (Å²) in [6.45, 7) is 1.12. The van der Waals surface area contributed by atoms with Crippen molar-refractivity contribution in [3.8, 4) is 11.9 Å². The normalized spacial score (nSPS) is 10.6. The molecule has 6 heteroatoms. The number of aromatic nitrogens is 1. The number of guanidine groups is 1. The van der Waals surface area contributed by atoms with Crippen LogP contribution in [-0.4, -0.2) is 24.1 Å². The monoisotopic (exact) mass is 295 g/mol. The van der Waals surface area contributed by atoms with E-state index in [4.69, 9.17) is 10.00 Å². The first kappa shape index (κ1) is 15.3. The highest BCUT2D eigenvalue weighted by Gasteiger charge is 1.98. The lowest BCUT2D eigenvalue weighted by molar-refractivity contribution is 0.313. The first-order valence-corrected chi connectivity index (χ1v) is 6.93. The summed E-state index contributed by atoms with van der Waals surface area (Å²) >= 11 is 0. The molecule has 2 N–H and O–H groups in total. The molecular formula is C16H17N5O. The molecule has 1 aromatic carbocycles. The van der Waals surface area contributed by atoms with E-state index in [1.165, 1.54) is 0 Å². The van der Waals surface area contributed by atoms with Gasteiger partial charge in [-0.05, 0) is 24.3 Å². The molecule has 22 heavy (non-hydrogen) atoms. The third-order valence-electron chi connectivity index (χ3n) is 2.70. The second kappa shape index (κ2) is 8.97. The standard InChI is InChI=1S/C16H17N5O/c17-13-20-16(21-14-7-10-18-11-8-14)19-9-4-12-22-15-5-2-1-3-6-15/h1-3,5-8,10-11H,4,9,12H2,(H2,18,19,20,21). The van der Waals surface area contributed by atoms with Crippen molar-refractivity contribution in [2.24, 2.45) is 4.99 Å². The van der Waals surface area contributed by atoms with Crippen LogP contribution in [0.15, 0.2) is 59.9 Å². The van der Waals surface area contributed by atoms with Crippen molar-refractivity contribution >= 4 is 11.6 Å². The van der Waals surface area contributed by atoms with Crippen LogP contribution in [0, 0.1) is 11.5 Å². The number of nitrogens with zero attached hydrogens (tertiary/aromatic N) is 3. The molecule has 112 valence electrons. The molecule has 0 fully saturated rings. The molecule has 0 saturated carbocycles. The molecule has 0 amide bonds. The molecule has 2 aromatic rings. The Morgan fingerprint density at radius 3 is 2.68 bits per heavy atom. The molecule has 0 atom stereocenters. The zero-order valence-electron chi connectivity index (χ0n) is 12.1. The quantitative estimate of drug-likeness (QED) is 0.281. The molecule has 0 aliphatic carbocycles. The van der Waals surface area contributed by atoms with Gasteiger partial charge in [-0.15, -0.1) is 0 Å². The van der Waals surface area contributed by atoms with Crippen LogP contribution >= 0.6 is 0 Å². The topological polar surface area (TPSA) is 82.3 Å². The van der Waals surface area contributed by atoms with Gasteiger partial charge in [0.25, 0.3) is 0 Å². The van der Waals surface area contributed by atoms with E-state index < -0.39 is 0 Å². The minimum absolute atomic E-state index is 0.411. The smallest absolute Gasteiger partial charge is 0.209 e. The second-order valence-electron chi connectivity index (χ2n) is 4.34. The fourth-order valence-corrected chi connectivity index (χ4v) is 1.70. The van der Waals surface area contributed by atoms with Gasteiger partial charge in [0, 0.05) is 31.0 Å². The number of nitrogens with one attached hydrogen (secondary N) is 2. The van der Waals surface area contributed by atoms with E-state index in [0.717, 1.165) is 17.9 Å². The predicted octanol–water partition coefficient (Wildman–Crippen LogP) is 2.39. The van der Waals surface area contributed by atoms with Crippen LogP contribution < -0.4 is 15.4 Å². The van der Waals surface area contributed by atoms with Gasteiger partial charge in [-0.3, -0.25) is 15.3 Å². The average molecular weight is 295 g/mol. The summed E-state index contributed by atoms with van der Waals surface area (Å²) in [4.78, 5) is 8.24. The van der Waals surface area contributed by atoms with Crippen LogP contribution in [0.3, 0.4) is 0 Å². The number of pyridine rings is 1. The summed E-state index contributed by atoms with van der Waals surface area (Å²) in [7, 11) is 0. The molecule has 1 heterocycles. The largest absolute Gasteiger partial charge is 0.494 e. The van der Waals surface area contributed by atoms with Gasteiger partial charge < -0.3 is 10.1 Å². The molecule has 0 aliphatic heterocycles. The van der Waals surface area contributed by atoms with Gasteiger partial charge in [0.2, 0.25) is 5.96 Å². The molecule has 0 unspecified atom stereocenters. The molecule has 0 aliphatic rings. The number of para-hydroxylation sites is 1. The summed E-state index contributed by atoms with van der Waals surface area (Å²) in [5, 5.41) is 14.3. The second-order valence-corrected chi connectivity index (χ2v) is 4.34. The first-order chi connectivity index (χ1) is 10.9. The van der Waals surface area contributed by atoms with Crippen LogP contribution in [0.5, 0.6) is 5.75 Å². The van der Waals surface area contributed by atoms with E-state index in [1.54, 1.807) is 24.5 Å². The number of benzene rings is 1. The highest BCUT2D eigenvalue weighted by atomic mass is 16.5. The van der Waals surface area contributed by atoms with Crippen molar-refractivity contribution in [3.63, 3.8) is 0 Å². The van der Waals surface area contributed by atoms with Gasteiger partial charge in [-0.2, -0.15) is 5.26 Å². The van der Waals surface area contributed by atoms with E-state index in [9.17, 15) is 0 Å². The lowest BCUT2D eigenvalue weighted by atomic mass is 10.3. The number of aliphatic imine (C=N–C) groups is 1. The van der Waals surface area contributed by atoms with Gasteiger partial charge >= 0.3 is 0 Å². The molecule has 6 nitrogen and oxygen atoms in total. The van der Waals surface area contributed by atoms with E-state index in [1.807, 2.05) is 36.5 Å². The van der Waals surface area contributed by atoms with Crippen LogP contribution in [0.4, 0.5) is 5.69 Å². The molecule has 2 rings (SSSR count). The minimum atomic E-state index is 0.411. The zero-order chi connectivity index (χ0) is 15.5. The molecule has 1 aromatic heterocycles. The fraction of sp³-hybridized carbons (Fsp3) is 0.188. The van der Waals surface area contributed by atoms with Crippen molar-refractivity contribution in [1.29, 1.82) is 5.26 Å². The molecule has 0 radical (unpaired) electrons. The number of nitriles is 1. The maximum absolute atomic E-state index is 8.75. The number of rotatable bonds is 6. The lowest BCUT2D eigenvalue weighted by Crippen LogP contribution is -2.27. The zero-order valence-corrected chi connectivity index (χ0v) is 12.1. The fourth-order valence-electron chi connectivity index (χ4n) is 1.70. The Hall–Kier alpha value is -3.07. The molecular weight excluding hydrogens is 278 g/mol. The van der Waals surface area contributed by atoms with E-state index >= 15 is 0 Å². The molecule has 0 spiro atoms. The predicted molar refractivity (Wildman–Crippen MR) is 85.5 cm³/mol. The van der Waals surface area contributed by atoms with Crippen molar-refractivity contribution in [2.75, 3.05) is 18.5 Å². The third kappa shape index (κ3) is 5.51. The Balaban J connectivity index is 1.77. The van der Waals surface area contributed by atoms with Gasteiger partial charge in [0.15, 0.2) is 6.19 Å². The molecule has 0 bridgehead atoms. The summed E-state index contributed by atoms with van der Waals surface area (Å²) in [6, 6.07) is 13.2. The van der Waals surface area contributed by atoms with Crippen molar-refractivity contribution in [2.45, 2.75) is 6.42 Å². The van der Waals surface area contributed by atoms with Crippen LogP contribution in [0.25, 0.3) is 0 Å². The summed E-state index contributed by atoms with van der Waals surface area (Å²) in [5.74, 6) is 1.25. The van der Waals surface area contributed by atoms with Crippen molar-refractivity contribution in [1.82, 2.24) is 10.3 Å². The lowest BCUT2D eigenvalue weighted by Gasteiger charge is -2.08. The first-order valence-electron chi connectivity index (χ1n) is 6.93. The van der Waals surface area contributed by atoms with Gasteiger partial charge in [0.1, 0.15) is 5.75 Å². The van der Waals surface area contributed by atoms with Crippen LogP contribution in [0.1, 0.15) is 6.42 Å². The van der Waals surface area contributed by atoms with Gasteiger partial charge in [0.05, 0.1) is 6.61 Å². The number of hydrogen-bond acceptors (Lipinski definition) is 4. The summed E-state index contributed by atoms with van der Waals surface area (Å²) in [6.07, 6.45) is 5.95. The Kier molecular flexibility index (Phi) is 6.25. The number of hydrogen-bond donors (Lipinski definition) is 2. The molecule has 0 saturated heterocycles. The minimum Gasteiger partial charge on any atom is -0.494 e. The van der Waals surface area contributed by atoms with E-state index in [-0.39, 0.29) is 0 Å². The van der Waals surface area contributed by atoms with Crippen molar-refractivity contribution in [3.05, 3.63) is 54.9 Å². The Morgan fingerprint density at radius 2 is 1.95 bits per heavy atom. The number of ether oxygens (including phenoxy) is 1. The maximum atomic E-state index is 8.75. The average Bonchev–Trinajstić information content (AvgIpc) is 2.56. The maximum Gasteiger partial charge on any atom is 0.209 e. The Bertz CT molecular complexity index is 622. The SMILES string of the molecule is N#CNC(=NCCCOc1ccccc1)Nc1ccncc1.